The van der Waals surface area contributed by atoms with Crippen LogP contribution in [0.3, 0.4) is 0 Å². The fourth-order valence-corrected chi connectivity index (χ4v) is 2.81. The number of carbonyl (C=O) groups excluding carboxylic acids is 2. The number of aromatic hydroxyl groups is 1. The van der Waals surface area contributed by atoms with Gasteiger partial charge in [-0.3, -0.25) is 14.6 Å². The van der Waals surface area contributed by atoms with Gasteiger partial charge in [0.1, 0.15) is 22.8 Å². The van der Waals surface area contributed by atoms with Crippen molar-refractivity contribution < 1.29 is 54.9 Å². The molecular formula is C21H12F7N3O5. The molecule has 0 atom stereocenters. The van der Waals surface area contributed by atoms with Crippen LogP contribution in [-0.2, 0) is 6.18 Å². The van der Waals surface area contributed by atoms with E-state index in [9.17, 15) is 45.4 Å². The first-order valence-electron chi connectivity index (χ1n) is 9.39. The molecule has 1 aromatic heterocycles. The second-order valence-corrected chi connectivity index (χ2v) is 6.83. The number of nitrogens with zero attached hydrogens (tertiary/aromatic N) is 1. The van der Waals surface area contributed by atoms with E-state index >= 15 is 0 Å². The Labute approximate surface area is 196 Å². The normalized spacial score (nSPS) is 11.6. The first-order valence-corrected chi connectivity index (χ1v) is 9.39. The van der Waals surface area contributed by atoms with Gasteiger partial charge in [0, 0.05) is 18.0 Å². The number of nitrogens with one attached hydrogen (secondary N) is 1. The quantitative estimate of drug-likeness (QED) is 0.395. The monoisotopic (exact) mass is 519 g/mol. The number of ether oxygens (including phenoxy) is 2. The minimum absolute atomic E-state index is 0.192. The number of benzene rings is 2. The predicted octanol–water partition coefficient (Wildman–Crippen LogP) is 4.99. The van der Waals surface area contributed by atoms with E-state index in [1.807, 2.05) is 0 Å². The minimum atomic E-state index is -5.22. The molecule has 0 aliphatic heterocycles. The van der Waals surface area contributed by atoms with Gasteiger partial charge in [0.2, 0.25) is 0 Å². The van der Waals surface area contributed by atoms with Crippen LogP contribution in [0.1, 0.15) is 26.4 Å². The zero-order valence-corrected chi connectivity index (χ0v) is 17.4. The van der Waals surface area contributed by atoms with Crippen LogP contribution < -0.4 is 20.5 Å². The highest BCUT2D eigenvalue weighted by Crippen LogP contribution is 2.40. The van der Waals surface area contributed by atoms with Gasteiger partial charge >= 0.3 is 12.5 Å². The number of hydrogen-bond acceptors (Lipinski definition) is 6. The number of rotatable bonds is 6. The van der Waals surface area contributed by atoms with E-state index < -0.39 is 64.3 Å². The van der Waals surface area contributed by atoms with Gasteiger partial charge in [0.15, 0.2) is 17.3 Å². The molecule has 0 saturated carbocycles. The van der Waals surface area contributed by atoms with E-state index in [1.54, 1.807) is 0 Å². The fourth-order valence-electron chi connectivity index (χ4n) is 2.81. The van der Waals surface area contributed by atoms with Crippen LogP contribution in [0.15, 0.2) is 48.7 Å². The molecule has 0 radical (unpaired) electrons. The van der Waals surface area contributed by atoms with Gasteiger partial charge < -0.3 is 25.6 Å². The van der Waals surface area contributed by atoms with Crippen molar-refractivity contribution in [3.8, 4) is 23.0 Å². The summed E-state index contributed by atoms with van der Waals surface area (Å²) < 4.78 is 100. The number of phenolic OH excluding ortho intramolecular Hbond substituents is 1. The van der Waals surface area contributed by atoms with Gasteiger partial charge in [-0.05, 0) is 36.4 Å². The number of amides is 2. The molecule has 3 rings (SSSR count). The molecule has 190 valence electrons. The van der Waals surface area contributed by atoms with Crippen molar-refractivity contribution in [3.05, 3.63) is 71.3 Å². The number of aromatic nitrogens is 1. The van der Waals surface area contributed by atoms with Crippen LogP contribution >= 0.6 is 0 Å². The number of hydrogen-bond donors (Lipinski definition) is 3. The van der Waals surface area contributed by atoms with Crippen molar-refractivity contribution >= 4 is 17.5 Å². The Bertz CT molecular complexity index is 1330. The van der Waals surface area contributed by atoms with Crippen LogP contribution in [-0.4, -0.2) is 28.3 Å². The summed E-state index contributed by atoms with van der Waals surface area (Å²) in [5.74, 6) is -7.80. The van der Waals surface area contributed by atoms with E-state index in [2.05, 4.69) is 15.0 Å². The van der Waals surface area contributed by atoms with Crippen molar-refractivity contribution in [1.82, 2.24) is 4.98 Å². The highest BCUT2D eigenvalue weighted by Gasteiger charge is 2.37. The van der Waals surface area contributed by atoms with E-state index in [0.717, 1.165) is 24.4 Å². The number of pyridine rings is 1. The first kappa shape index (κ1) is 26.1. The zero-order valence-electron chi connectivity index (χ0n) is 17.4. The standard InChI is InChI=1S/C21H12F7N3O5/c22-17-11(20(23,24)25)2-4-15(35-14-3-1-10(8-13(14)32)36-21(26,27)28)16(17)19(34)31-9-5-6-30-12(7-9)18(29)33/h1-8,32H,(H2,29,33)(H,30,31,34). The van der Waals surface area contributed by atoms with Crippen molar-refractivity contribution in [2.45, 2.75) is 12.5 Å². The van der Waals surface area contributed by atoms with Gasteiger partial charge in [-0.25, -0.2) is 4.39 Å². The molecule has 36 heavy (non-hydrogen) atoms. The lowest BCUT2D eigenvalue weighted by atomic mass is 10.1. The number of nitrogens with two attached hydrogens (primary N) is 1. The molecule has 0 spiro atoms. The van der Waals surface area contributed by atoms with Crippen molar-refractivity contribution in [3.63, 3.8) is 0 Å². The van der Waals surface area contributed by atoms with Crippen molar-refractivity contribution in [1.29, 1.82) is 0 Å². The van der Waals surface area contributed by atoms with Crippen LogP contribution in [0.5, 0.6) is 23.0 Å². The fraction of sp³-hybridized carbons (Fsp3) is 0.0952. The summed E-state index contributed by atoms with van der Waals surface area (Å²) in [4.78, 5) is 27.6. The number of primary amides is 1. The molecule has 3 aromatic rings. The number of anilines is 1. The molecule has 0 aliphatic rings. The maximum atomic E-state index is 14.9. The Morgan fingerprint density at radius 3 is 2.22 bits per heavy atom. The second kappa shape index (κ2) is 9.59. The smallest absolute Gasteiger partial charge is 0.504 e. The lowest BCUT2D eigenvalue weighted by Crippen LogP contribution is -2.19. The van der Waals surface area contributed by atoms with Gasteiger partial charge in [0.05, 0.1) is 5.56 Å². The highest BCUT2D eigenvalue weighted by molar-refractivity contribution is 6.07. The summed E-state index contributed by atoms with van der Waals surface area (Å²) in [5, 5.41) is 12.0. The summed E-state index contributed by atoms with van der Waals surface area (Å²) in [6.45, 7) is 0. The topological polar surface area (TPSA) is 124 Å². The highest BCUT2D eigenvalue weighted by atomic mass is 19.4. The minimum Gasteiger partial charge on any atom is -0.504 e. The first-order chi connectivity index (χ1) is 16.7. The Morgan fingerprint density at radius 1 is 0.972 bits per heavy atom. The molecule has 1 heterocycles. The molecule has 2 aromatic carbocycles. The molecule has 8 nitrogen and oxygen atoms in total. The van der Waals surface area contributed by atoms with Crippen LogP contribution in [0.2, 0.25) is 0 Å². The average Bonchev–Trinajstić information content (AvgIpc) is 2.73. The molecule has 15 heteroatoms. The molecule has 0 fully saturated rings. The number of phenols is 1. The number of carbonyl (C=O) groups is 2. The largest absolute Gasteiger partial charge is 0.573 e. The molecule has 0 saturated heterocycles. The van der Waals surface area contributed by atoms with Gasteiger partial charge in [-0.15, -0.1) is 13.2 Å². The Kier molecular flexibility index (Phi) is 6.94. The third kappa shape index (κ3) is 6.11. The molecule has 0 bridgehead atoms. The molecule has 2 amide bonds. The predicted molar refractivity (Wildman–Crippen MR) is 107 cm³/mol. The van der Waals surface area contributed by atoms with Crippen LogP contribution in [0.25, 0.3) is 0 Å². The maximum absolute atomic E-state index is 14.9. The van der Waals surface area contributed by atoms with E-state index in [0.29, 0.717) is 18.2 Å². The van der Waals surface area contributed by atoms with E-state index in [1.165, 1.54) is 0 Å². The summed E-state index contributed by atoms with van der Waals surface area (Å²) in [7, 11) is 0. The van der Waals surface area contributed by atoms with Crippen molar-refractivity contribution in [2.24, 2.45) is 5.73 Å². The maximum Gasteiger partial charge on any atom is 0.573 e. The van der Waals surface area contributed by atoms with Crippen molar-refractivity contribution in [2.75, 3.05) is 5.32 Å². The lowest BCUT2D eigenvalue weighted by Gasteiger charge is -2.17. The average molecular weight is 519 g/mol. The zero-order chi connectivity index (χ0) is 26.8. The number of halogens is 7. The molecular weight excluding hydrogens is 507 g/mol. The summed E-state index contributed by atoms with van der Waals surface area (Å²) in [6.07, 6.45) is -9.26. The third-order valence-corrected chi connectivity index (χ3v) is 4.29. The molecule has 0 aliphatic carbocycles. The Hall–Kier alpha value is -4.56. The summed E-state index contributed by atoms with van der Waals surface area (Å²) in [6, 6.07) is 4.85. The van der Waals surface area contributed by atoms with Gasteiger partial charge in [-0.1, -0.05) is 0 Å². The number of alkyl halides is 6. The lowest BCUT2D eigenvalue weighted by molar-refractivity contribution is -0.274. The summed E-state index contributed by atoms with van der Waals surface area (Å²) >= 11 is 0. The Morgan fingerprint density at radius 2 is 1.64 bits per heavy atom. The van der Waals surface area contributed by atoms with E-state index in [-0.39, 0.29) is 17.4 Å². The van der Waals surface area contributed by atoms with Crippen LogP contribution in [0, 0.1) is 5.82 Å². The van der Waals surface area contributed by atoms with Crippen LogP contribution in [0.4, 0.5) is 36.4 Å². The third-order valence-electron chi connectivity index (χ3n) is 4.29. The molecule has 0 unspecified atom stereocenters. The second-order valence-electron chi connectivity index (χ2n) is 6.83. The van der Waals surface area contributed by atoms with Gasteiger partial charge in [-0.2, -0.15) is 13.2 Å². The SMILES string of the molecule is NC(=O)c1cc(NC(=O)c2c(Oc3ccc(OC(F)(F)F)cc3O)ccc(C(F)(F)F)c2F)ccn1. The summed E-state index contributed by atoms with van der Waals surface area (Å²) in [5.41, 5.74) is 1.47. The van der Waals surface area contributed by atoms with Gasteiger partial charge in [0.25, 0.3) is 11.8 Å². The van der Waals surface area contributed by atoms with E-state index in [4.69, 9.17) is 10.5 Å². The molecule has 4 N–H and O–H groups in total. The Balaban J connectivity index is 2.02.